The largest absolute Gasteiger partial charge is 0.469 e. The van der Waals surface area contributed by atoms with Gasteiger partial charge in [0.05, 0.1) is 23.7 Å². The number of benzene rings is 1. The molecule has 1 rings (SSSR count). The molecule has 0 aliphatic carbocycles. The predicted molar refractivity (Wildman–Crippen MR) is 93.0 cm³/mol. The SMILES string of the molecule is CCN(CCC(=O)Nc1cc(Cl)ccc1Cl)CC(C)C(=O)OC. The number of anilines is 1. The Morgan fingerprint density at radius 1 is 1.35 bits per heavy atom. The third-order valence-electron chi connectivity index (χ3n) is 3.44. The number of methoxy groups -OCH3 is 1. The summed E-state index contributed by atoms with van der Waals surface area (Å²) in [6.45, 7) is 5.62. The molecular weight excluding hydrogens is 339 g/mol. The molecule has 0 spiro atoms. The molecule has 0 bridgehead atoms. The molecule has 0 aliphatic heterocycles. The Labute approximate surface area is 146 Å². The number of ether oxygens (including phenoxy) is 1. The molecule has 5 nitrogen and oxygen atoms in total. The van der Waals surface area contributed by atoms with Crippen molar-refractivity contribution in [2.75, 3.05) is 32.1 Å². The first-order valence-corrected chi connectivity index (χ1v) is 8.18. The molecule has 1 atom stereocenters. The fraction of sp³-hybridized carbons (Fsp3) is 0.500. The molecule has 1 N–H and O–H groups in total. The van der Waals surface area contributed by atoms with Crippen LogP contribution in [0.2, 0.25) is 10.0 Å². The van der Waals surface area contributed by atoms with Crippen molar-refractivity contribution >= 4 is 40.8 Å². The Balaban J connectivity index is 2.50. The Morgan fingerprint density at radius 3 is 2.65 bits per heavy atom. The van der Waals surface area contributed by atoms with Crippen molar-refractivity contribution in [3.8, 4) is 0 Å². The normalized spacial score (nSPS) is 12.1. The second-order valence-electron chi connectivity index (χ2n) is 5.24. The van der Waals surface area contributed by atoms with E-state index in [4.69, 9.17) is 27.9 Å². The van der Waals surface area contributed by atoms with Crippen molar-refractivity contribution in [3.05, 3.63) is 28.2 Å². The van der Waals surface area contributed by atoms with E-state index in [9.17, 15) is 9.59 Å². The molecule has 0 radical (unpaired) electrons. The van der Waals surface area contributed by atoms with Gasteiger partial charge in [-0.2, -0.15) is 0 Å². The van der Waals surface area contributed by atoms with Crippen LogP contribution < -0.4 is 5.32 Å². The first kappa shape index (κ1) is 19.7. The van der Waals surface area contributed by atoms with Crippen molar-refractivity contribution in [1.29, 1.82) is 0 Å². The smallest absolute Gasteiger partial charge is 0.309 e. The van der Waals surface area contributed by atoms with E-state index < -0.39 is 0 Å². The molecule has 1 aromatic rings. The quantitative estimate of drug-likeness (QED) is 0.721. The third kappa shape index (κ3) is 6.77. The van der Waals surface area contributed by atoms with Crippen molar-refractivity contribution in [3.63, 3.8) is 0 Å². The number of rotatable bonds is 8. The molecule has 0 heterocycles. The van der Waals surface area contributed by atoms with Gasteiger partial charge in [-0.3, -0.25) is 9.59 Å². The molecule has 7 heteroatoms. The fourth-order valence-corrected chi connectivity index (χ4v) is 2.44. The van der Waals surface area contributed by atoms with Gasteiger partial charge in [-0.1, -0.05) is 37.0 Å². The summed E-state index contributed by atoms with van der Waals surface area (Å²) in [6, 6.07) is 4.90. The lowest BCUT2D eigenvalue weighted by Gasteiger charge is -2.22. The molecule has 0 fully saturated rings. The predicted octanol–water partition coefficient (Wildman–Crippen LogP) is 3.45. The second kappa shape index (κ2) is 9.75. The van der Waals surface area contributed by atoms with Crippen LogP contribution in [0, 0.1) is 5.92 Å². The van der Waals surface area contributed by atoms with E-state index in [0.717, 1.165) is 6.54 Å². The minimum atomic E-state index is -0.251. The summed E-state index contributed by atoms with van der Waals surface area (Å²) < 4.78 is 4.71. The molecule has 1 aromatic carbocycles. The Hall–Kier alpha value is -1.30. The molecule has 0 saturated heterocycles. The molecule has 1 amide bonds. The Bertz CT molecular complexity index is 552. The number of carbonyl (C=O) groups excluding carboxylic acids is 2. The van der Waals surface area contributed by atoms with Crippen molar-refractivity contribution in [2.45, 2.75) is 20.3 Å². The van der Waals surface area contributed by atoms with Gasteiger partial charge in [0, 0.05) is 24.5 Å². The summed E-state index contributed by atoms with van der Waals surface area (Å²) in [6.07, 6.45) is 0.296. The van der Waals surface area contributed by atoms with Crippen molar-refractivity contribution in [1.82, 2.24) is 4.90 Å². The monoisotopic (exact) mass is 360 g/mol. The maximum Gasteiger partial charge on any atom is 0.309 e. The summed E-state index contributed by atoms with van der Waals surface area (Å²) >= 11 is 11.9. The second-order valence-corrected chi connectivity index (χ2v) is 6.08. The van der Waals surface area contributed by atoms with Gasteiger partial charge in [0.1, 0.15) is 0 Å². The van der Waals surface area contributed by atoms with E-state index in [1.165, 1.54) is 7.11 Å². The van der Waals surface area contributed by atoms with E-state index in [1.54, 1.807) is 25.1 Å². The van der Waals surface area contributed by atoms with Crippen LogP contribution in [0.4, 0.5) is 5.69 Å². The zero-order valence-electron chi connectivity index (χ0n) is 13.6. The highest BCUT2D eigenvalue weighted by molar-refractivity contribution is 6.35. The van der Waals surface area contributed by atoms with Gasteiger partial charge in [-0.05, 0) is 24.7 Å². The summed E-state index contributed by atoms with van der Waals surface area (Å²) in [5.74, 6) is -0.637. The molecule has 0 aromatic heterocycles. The molecule has 0 aliphatic rings. The number of carbonyl (C=O) groups is 2. The standard InChI is InChI=1S/C16H22Cl2N2O3/c1-4-20(10-11(2)16(22)23-3)8-7-15(21)19-14-9-12(17)5-6-13(14)18/h5-6,9,11H,4,7-8,10H2,1-3H3,(H,19,21). The minimum absolute atomic E-state index is 0.154. The number of nitrogens with one attached hydrogen (secondary N) is 1. The van der Waals surface area contributed by atoms with E-state index in [1.807, 2.05) is 11.8 Å². The highest BCUT2D eigenvalue weighted by Crippen LogP contribution is 2.25. The molecular formula is C16H22Cl2N2O3. The van der Waals surface area contributed by atoms with Gasteiger partial charge >= 0.3 is 5.97 Å². The van der Waals surface area contributed by atoms with E-state index in [0.29, 0.717) is 35.2 Å². The van der Waals surface area contributed by atoms with Crippen molar-refractivity contribution in [2.24, 2.45) is 5.92 Å². The average molecular weight is 361 g/mol. The third-order valence-corrected chi connectivity index (χ3v) is 4.01. The highest BCUT2D eigenvalue weighted by Gasteiger charge is 2.17. The summed E-state index contributed by atoms with van der Waals surface area (Å²) in [4.78, 5) is 25.5. The minimum Gasteiger partial charge on any atom is -0.469 e. The van der Waals surface area contributed by atoms with E-state index in [2.05, 4.69) is 5.32 Å². The maximum absolute atomic E-state index is 12.0. The van der Waals surface area contributed by atoms with Crippen LogP contribution in [0.1, 0.15) is 20.3 Å². The first-order chi connectivity index (χ1) is 10.9. The lowest BCUT2D eigenvalue weighted by Crippen LogP contribution is -2.34. The molecule has 0 saturated carbocycles. The molecule has 1 unspecified atom stereocenters. The lowest BCUT2D eigenvalue weighted by molar-refractivity contribution is -0.145. The van der Waals surface area contributed by atoms with Crippen LogP contribution >= 0.6 is 23.2 Å². The Morgan fingerprint density at radius 2 is 2.04 bits per heavy atom. The van der Waals surface area contributed by atoms with Crippen LogP contribution in [-0.2, 0) is 14.3 Å². The van der Waals surface area contributed by atoms with Crippen LogP contribution in [0.25, 0.3) is 0 Å². The van der Waals surface area contributed by atoms with Crippen LogP contribution in [0.15, 0.2) is 18.2 Å². The van der Waals surface area contributed by atoms with E-state index in [-0.39, 0.29) is 17.8 Å². The topological polar surface area (TPSA) is 58.6 Å². The number of hydrogen-bond acceptors (Lipinski definition) is 4. The summed E-state index contributed by atoms with van der Waals surface area (Å²) in [5, 5.41) is 3.69. The number of halogens is 2. The zero-order valence-corrected chi connectivity index (χ0v) is 15.1. The maximum atomic E-state index is 12.0. The lowest BCUT2D eigenvalue weighted by atomic mass is 10.1. The van der Waals surface area contributed by atoms with Gasteiger partial charge in [-0.25, -0.2) is 0 Å². The zero-order chi connectivity index (χ0) is 17.4. The van der Waals surface area contributed by atoms with Crippen LogP contribution in [-0.4, -0.2) is 43.5 Å². The van der Waals surface area contributed by atoms with Gasteiger partial charge in [0.2, 0.25) is 5.91 Å². The van der Waals surface area contributed by atoms with Gasteiger partial charge in [-0.15, -0.1) is 0 Å². The highest BCUT2D eigenvalue weighted by atomic mass is 35.5. The van der Waals surface area contributed by atoms with Gasteiger partial charge < -0.3 is 15.0 Å². The molecule has 128 valence electrons. The first-order valence-electron chi connectivity index (χ1n) is 7.42. The number of hydrogen-bond donors (Lipinski definition) is 1. The number of amides is 1. The van der Waals surface area contributed by atoms with Crippen LogP contribution in [0.5, 0.6) is 0 Å². The van der Waals surface area contributed by atoms with E-state index >= 15 is 0 Å². The molecule has 23 heavy (non-hydrogen) atoms. The fourth-order valence-electron chi connectivity index (χ4n) is 2.11. The van der Waals surface area contributed by atoms with Gasteiger partial charge in [0.15, 0.2) is 0 Å². The Kier molecular flexibility index (Phi) is 8.37. The summed E-state index contributed by atoms with van der Waals surface area (Å²) in [5.41, 5.74) is 0.496. The number of esters is 1. The van der Waals surface area contributed by atoms with Gasteiger partial charge in [0.25, 0.3) is 0 Å². The van der Waals surface area contributed by atoms with Crippen molar-refractivity contribution < 1.29 is 14.3 Å². The average Bonchev–Trinajstić information content (AvgIpc) is 2.53. The van der Waals surface area contributed by atoms with Crippen LogP contribution in [0.3, 0.4) is 0 Å². The number of nitrogens with zero attached hydrogens (tertiary/aromatic N) is 1. The summed E-state index contributed by atoms with van der Waals surface area (Å²) in [7, 11) is 1.37.